The summed E-state index contributed by atoms with van der Waals surface area (Å²) in [5, 5.41) is 7.02. The van der Waals surface area contributed by atoms with E-state index in [9.17, 15) is 0 Å². The quantitative estimate of drug-likeness (QED) is 0.581. The van der Waals surface area contributed by atoms with Gasteiger partial charge in [-0.15, -0.1) is 0 Å². The molecule has 0 aromatic heterocycles. The highest BCUT2D eigenvalue weighted by molar-refractivity contribution is 4.98. The van der Waals surface area contributed by atoms with E-state index in [1.807, 2.05) is 5.01 Å². The van der Waals surface area contributed by atoms with E-state index in [1.165, 1.54) is 103 Å². The second-order valence-electron chi connectivity index (χ2n) is 12.8. The van der Waals surface area contributed by atoms with Gasteiger partial charge in [-0.25, -0.2) is 15.0 Å². The van der Waals surface area contributed by atoms with E-state index in [0.29, 0.717) is 23.5 Å². The van der Waals surface area contributed by atoms with Crippen LogP contribution in [0.25, 0.3) is 0 Å². The zero-order valence-electron chi connectivity index (χ0n) is 20.3. The standard InChI is InChI=1S/C26H48N6/c27-30-14-11-26(12-15-30)10-8-23(17-26)29-31-13-9-20-16-21(4-5-22(20)18-31)25-7-6-19-2-1-3-24(19)32(25)28/h19-25,29H,1-18,27-28H2. The molecule has 1 spiro atoms. The average Bonchev–Trinajstić information content (AvgIpc) is 3.44. The lowest BCUT2D eigenvalue weighted by Gasteiger charge is -2.50. The predicted octanol–water partition coefficient (Wildman–Crippen LogP) is 3.24. The number of hydrogen-bond donors (Lipinski definition) is 3. The maximum atomic E-state index is 6.75. The van der Waals surface area contributed by atoms with Gasteiger partial charge in [-0.3, -0.25) is 17.1 Å². The minimum atomic E-state index is 0.580. The number of hydrogen-bond acceptors (Lipinski definition) is 6. The molecule has 32 heavy (non-hydrogen) atoms. The van der Waals surface area contributed by atoms with Crippen molar-refractivity contribution in [2.75, 3.05) is 26.2 Å². The molecule has 6 aliphatic rings. The summed E-state index contributed by atoms with van der Waals surface area (Å²) in [4.78, 5) is 0. The van der Waals surface area contributed by atoms with Gasteiger partial charge in [0.25, 0.3) is 0 Å². The zero-order chi connectivity index (χ0) is 21.7. The summed E-state index contributed by atoms with van der Waals surface area (Å²) in [5.74, 6) is 16.4. The van der Waals surface area contributed by atoms with Gasteiger partial charge in [0.2, 0.25) is 0 Å². The van der Waals surface area contributed by atoms with Gasteiger partial charge in [-0.05, 0) is 113 Å². The monoisotopic (exact) mass is 444 g/mol. The molecule has 0 bridgehead atoms. The van der Waals surface area contributed by atoms with E-state index in [0.717, 1.165) is 36.8 Å². The second-order valence-corrected chi connectivity index (χ2v) is 12.8. The molecule has 6 nitrogen and oxygen atoms in total. The van der Waals surface area contributed by atoms with Crippen molar-refractivity contribution in [3.8, 4) is 0 Å². The number of rotatable bonds is 3. The summed E-state index contributed by atoms with van der Waals surface area (Å²) in [6.45, 7) is 4.70. The molecule has 0 aromatic carbocycles. The fraction of sp³-hybridized carbons (Fsp3) is 1.00. The molecular weight excluding hydrogens is 396 g/mol. The molecule has 3 heterocycles. The van der Waals surface area contributed by atoms with Crippen LogP contribution in [0.3, 0.4) is 0 Å². The molecule has 0 aromatic rings. The first kappa shape index (κ1) is 22.2. The van der Waals surface area contributed by atoms with Crippen LogP contribution in [-0.2, 0) is 0 Å². The van der Waals surface area contributed by atoms with Gasteiger partial charge in [0.1, 0.15) is 0 Å². The summed E-state index contributed by atoms with van der Waals surface area (Å²) >= 11 is 0. The molecule has 3 aliphatic heterocycles. The minimum Gasteiger partial charge on any atom is -0.269 e. The van der Waals surface area contributed by atoms with Crippen LogP contribution in [0.1, 0.15) is 89.9 Å². The number of fused-ring (bicyclic) bond motifs is 2. The maximum absolute atomic E-state index is 6.75. The Morgan fingerprint density at radius 2 is 1.47 bits per heavy atom. The van der Waals surface area contributed by atoms with Crippen molar-refractivity contribution >= 4 is 0 Å². The van der Waals surface area contributed by atoms with Crippen LogP contribution in [0.4, 0.5) is 0 Å². The second kappa shape index (κ2) is 9.09. The van der Waals surface area contributed by atoms with Crippen LogP contribution in [0.5, 0.6) is 0 Å². The van der Waals surface area contributed by atoms with Crippen molar-refractivity contribution < 1.29 is 0 Å². The normalized spacial score (nSPS) is 45.8. The van der Waals surface area contributed by atoms with E-state index >= 15 is 0 Å². The van der Waals surface area contributed by atoms with Crippen molar-refractivity contribution in [1.29, 1.82) is 0 Å². The van der Waals surface area contributed by atoms with Gasteiger partial charge < -0.3 is 0 Å². The van der Waals surface area contributed by atoms with Crippen LogP contribution in [0.15, 0.2) is 0 Å². The van der Waals surface area contributed by atoms with Gasteiger partial charge in [0.05, 0.1) is 0 Å². The highest BCUT2D eigenvalue weighted by atomic mass is 15.5. The summed E-state index contributed by atoms with van der Waals surface area (Å²) in [7, 11) is 0. The molecule has 3 saturated heterocycles. The lowest BCUT2D eigenvalue weighted by Crippen LogP contribution is -2.57. The lowest BCUT2D eigenvalue weighted by atomic mass is 9.67. The van der Waals surface area contributed by atoms with Gasteiger partial charge in [0.15, 0.2) is 0 Å². The van der Waals surface area contributed by atoms with E-state index in [-0.39, 0.29) is 0 Å². The Hall–Kier alpha value is -0.240. The van der Waals surface area contributed by atoms with Crippen LogP contribution in [0, 0.1) is 29.1 Å². The molecule has 3 aliphatic carbocycles. The summed E-state index contributed by atoms with van der Waals surface area (Å²) in [6.07, 6.45) is 19.4. The predicted molar refractivity (Wildman–Crippen MR) is 129 cm³/mol. The molecule has 3 saturated carbocycles. The first-order chi connectivity index (χ1) is 15.6. The Bertz CT molecular complexity index is 648. The van der Waals surface area contributed by atoms with Gasteiger partial charge >= 0.3 is 0 Å². The fourth-order valence-corrected chi connectivity index (χ4v) is 9.15. The molecule has 182 valence electrons. The Kier molecular flexibility index (Phi) is 6.31. The number of hydrazine groups is 3. The Morgan fingerprint density at radius 3 is 2.34 bits per heavy atom. The third kappa shape index (κ3) is 4.29. The number of nitrogens with two attached hydrogens (primary N) is 2. The highest BCUT2D eigenvalue weighted by Gasteiger charge is 2.45. The summed E-state index contributed by atoms with van der Waals surface area (Å²) < 4.78 is 0. The zero-order valence-corrected chi connectivity index (χ0v) is 20.3. The Balaban J connectivity index is 0.989. The molecule has 7 unspecified atom stereocenters. The largest absolute Gasteiger partial charge is 0.269 e. The molecule has 7 atom stereocenters. The summed E-state index contributed by atoms with van der Waals surface area (Å²) in [6, 6.07) is 2.06. The number of piperidine rings is 3. The molecule has 6 heteroatoms. The van der Waals surface area contributed by atoms with Crippen LogP contribution in [0.2, 0.25) is 0 Å². The molecule has 6 fully saturated rings. The van der Waals surface area contributed by atoms with E-state index in [2.05, 4.69) is 15.4 Å². The van der Waals surface area contributed by atoms with Crippen molar-refractivity contribution in [2.24, 2.45) is 40.8 Å². The van der Waals surface area contributed by atoms with Crippen LogP contribution < -0.4 is 17.1 Å². The van der Waals surface area contributed by atoms with Gasteiger partial charge in [-0.1, -0.05) is 6.42 Å². The maximum Gasteiger partial charge on any atom is 0.0272 e. The molecule has 6 rings (SSSR count). The van der Waals surface area contributed by atoms with Crippen molar-refractivity contribution in [2.45, 2.75) is 108 Å². The molecule has 0 amide bonds. The number of nitrogens with one attached hydrogen (secondary N) is 1. The smallest absolute Gasteiger partial charge is 0.0272 e. The van der Waals surface area contributed by atoms with Crippen molar-refractivity contribution in [3.05, 3.63) is 0 Å². The topological polar surface area (TPSA) is 73.8 Å². The van der Waals surface area contributed by atoms with Crippen LogP contribution >= 0.6 is 0 Å². The SMILES string of the molecule is NN1CCC2(CCC(NN3CCC4CC(C5CCC6CCCC6N5N)CCC4C3)C2)CC1. The van der Waals surface area contributed by atoms with Crippen molar-refractivity contribution in [3.63, 3.8) is 0 Å². The number of nitrogens with zero attached hydrogens (tertiary/aromatic N) is 3. The third-order valence-corrected chi connectivity index (χ3v) is 11.1. The lowest BCUT2D eigenvalue weighted by molar-refractivity contribution is -0.0254. The first-order valence-electron chi connectivity index (χ1n) is 14.1. The summed E-state index contributed by atoms with van der Waals surface area (Å²) in [5.41, 5.74) is 4.58. The fourth-order valence-electron chi connectivity index (χ4n) is 9.15. The third-order valence-electron chi connectivity index (χ3n) is 11.1. The first-order valence-corrected chi connectivity index (χ1v) is 14.1. The van der Waals surface area contributed by atoms with Crippen LogP contribution in [-0.4, -0.2) is 59.3 Å². The average molecular weight is 445 g/mol. The molecule has 5 N–H and O–H groups in total. The minimum absolute atomic E-state index is 0.580. The van der Waals surface area contributed by atoms with E-state index in [1.54, 1.807) is 0 Å². The molecular formula is C26H48N6. The highest BCUT2D eigenvalue weighted by Crippen LogP contribution is 2.48. The van der Waals surface area contributed by atoms with Gasteiger partial charge in [0, 0.05) is 44.3 Å². The Labute approximate surface area is 195 Å². The van der Waals surface area contributed by atoms with E-state index < -0.39 is 0 Å². The Morgan fingerprint density at radius 1 is 0.688 bits per heavy atom. The van der Waals surface area contributed by atoms with Crippen molar-refractivity contribution in [1.82, 2.24) is 20.5 Å². The van der Waals surface area contributed by atoms with E-state index in [4.69, 9.17) is 11.7 Å². The molecule has 0 radical (unpaired) electrons. The van der Waals surface area contributed by atoms with Gasteiger partial charge in [-0.2, -0.15) is 0 Å².